The summed E-state index contributed by atoms with van der Waals surface area (Å²) in [5.41, 5.74) is 2.20. The molecule has 0 N–H and O–H groups in total. The second-order valence-electron chi connectivity index (χ2n) is 7.28. The zero-order chi connectivity index (χ0) is 21.7. The summed E-state index contributed by atoms with van der Waals surface area (Å²) in [6.45, 7) is 0.194. The van der Waals surface area contributed by atoms with Crippen LogP contribution in [-0.4, -0.2) is 26.0 Å². The molecule has 5 aromatic rings. The largest absolute Gasteiger partial charge is 0.454 e. The van der Waals surface area contributed by atoms with E-state index in [9.17, 15) is 4.79 Å². The number of aromatic nitrogens is 4. The first-order valence-corrected chi connectivity index (χ1v) is 10.7. The van der Waals surface area contributed by atoms with E-state index in [1.54, 1.807) is 8.97 Å². The van der Waals surface area contributed by atoms with Gasteiger partial charge >= 0.3 is 0 Å². The number of imidazole rings is 1. The van der Waals surface area contributed by atoms with Crippen LogP contribution in [0.5, 0.6) is 11.5 Å². The van der Waals surface area contributed by atoms with E-state index >= 15 is 0 Å². The Hall–Kier alpha value is -3.91. The van der Waals surface area contributed by atoms with E-state index in [4.69, 9.17) is 9.47 Å². The van der Waals surface area contributed by atoms with Crippen molar-refractivity contribution in [1.29, 1.82) is 0 Å². The minimum atomic E-state index is -0.188. The lowest BCUT2D eigenvalue weighted by Gasteiger charge is -2.00. The highest BCUT2D eigenvalue weighted by atomic mass is 79.9. The van der Waals surface area contributed by atoms with Crippen molar-refractivity contribution in [2.24, 2.45) is 0 Å². The zero-order valence-corrected chi connectivity index (χ0v) is 18.2. The third kappa shape index (κ3) is 2.99. The summed E-state index contributed by atoms with van der Waals surface area (Å²) < 4.78 is 15.2. The summed E-state index contributed by atoms with van der Waals surface area (Å²) in [7, 11) is 0. The van der Waals surface area contributed by atoms with Gasteiger partial charge in [0.1, 0.15) is 5.35 Å². The van der Waals surface area contributed by atoms with Crippen LogP contribution in [0.15, 0.2) is 82.1 Å². The monoisotopic (exact) mass is 486 g/mol. The number of halogens is 1. The van der Waals surface area contributed by atoms with Crippen LogP contribution in [0, 0.1) is 0 Å². The molecule has 7 nitrogen and oxygen atoms in total. The van der Waals surface area contributed by atoms with E-state index in [0.29, 0.717) is 34.1 Å². The van der Waals surface area contributed by atoms with Gasteiger partial charge in [-0.3, -0.25) is 9.20 Å². The molecule has 6 rings (SSSR count). The van der Waals surface area contributed by atoms with Crippen molar-refractivity contribution in [2.75, 3.05) is 6.79 Å². The molecule has 0 aliphatic carbocycles. The maximum Gasteiger partial charge on any atom is 0.282 e. The lowest BCUT2D eigenvalue weighted by molar-refractivity contribution is 0.174. The van der Waals surface area contributed by atoms with Crippen molar-refractivity contribution >= 4 is 27.8 Å². The molecule has 3 aromatic carbocycles. The summed E-state index contributed by atoms with van der Waals surface area (Å²) in [6.07, 6.45) is 1.82. The quantitative estimate of drug-likeness (QED) is 0.389. The van der Waals surface area contributed by atoms with Crippen LogP contribution in [0.25, 0.3) is 28.9 Å². The van der Waals surface area contributed by atoms with Gasteiger partial charge in [-0.25, -0.2) is 4.57 Å². The van der Waals surface area contributed by atoms with E-state index in [1.165, 1.54) is 0 Å². The molecule has 0 spiro atoms. The molecule has 0 atom stereocenters. The van der Waals surface area contributed by atoms with Gasteiger partial charge in [0.15, 0.2) is 17.3 Å². The normalized spacial score (nSPS) is 13.2. The van der Waals surface area contributed by atoms with Gasteiger partial charge in [-0.1, -0.05) is 52.3 Å². The van der Waals surface area contributed by atoms with Gasteiger partial charge in [0.2, 0.25) is 12.6 Å². The first-order valence-electron chi connectivity index (χ1n) is 9.91. The number of rotatable bonds is 3. The van der Waals surface area contributed by atoms with Crippen LogP contribution < -0.4 is 20.4 Å². The first-order chi connectivity index (χ1) is 15.7. The second kappa shape index (κ2) is 7.35. The molecule has 32 heavy (non-hydrogen) atoms. The molecule has 3 heterocycles. The Bertz CT molecular complexity index is 1570. The minimum absolute atomic E-state index is 0.188. The second-order valence-corrected chi connectivity index (χ2v) is 8.20. The fraction of sp³-hybridized carbons (Fsp3) is 0.0417. The highest BCUT2D eigenvalue weighted by Gasteiger charge is 2.20. The molecule has 8 heteroatoms. The third-order valence-electron chi connectivity index (χ3n) is 5.33. The molecular weight excluding hydrogens is 472 g/mol. The smallest absolute Gasteiger partial charge is 0.282 e. The van der Waals surface area contributed by atoms with Crippen molar-refractivity contribution < 1.29 is 9.47 Å². The van der Waals surface area contributed by atoms with Crippen molar-refractivity contribution in [3.63, 3.8) is 0 Å². The Morgan fingerprint density at radius 3 is 2.50 bits per heavy atom. The minimum Gasteiger partial charge on any atom is -0.454 e. The lowest BCUT2D eigenvalue weighted by Crippen LogP contribution is -2.30. The van der Waals surface area contributed by atoms with Gasteiger partial charge in [0, 0.05) is 10.0 Å². The van der Waals surface area contributed by atoms with Gasteiger partial charge < -0.3 is 9.47 Å². The molecule has 2 aromatic heterocycles. The summed E-state index contributed by atoms with van der Waals surface area (Å²) in [5, 5.41) is 9.23. The molecule has 0 saturated heterocycles. The van der Waals surface area contributed by atoms with Crippen LogP contribution >= 0.6 is 15.9 Å². The van der Waals surface area contributed by atoms with Crippen LogP contribution in [-0.2, 0) is 0 Å². The fourth-order valence-corrected chi connectivity index (χ4v) is 4.09. The van der Waals surface area contributed by atoms with E-state index in [2.05, 4.69) is 26.1 Å². The maximum absolute atomic E-state index is 13.6. The molecule has 0 radical (unpaired) electrons. The number of benzene rings is 3. The average Bonchev–Trinajstić information content (AvgIpc) is 3.51. The van der Waals surface area contributed by atoms with E-state index in [-0.39, 0.29) is 12.4 Å². The molecule has 1 aliphatic heterocycles. The Morgan fingerprint density at radius 2 is 1.69 bits per heavy atom. The first kappa shape index (κ1) is 18.8. The molecule has 156 valence electrons. The number of hydrogen-bond acceptors (Lipinski definition) is 5. The van der Waals surface area contributed by atoms with Crippen LogP contribution in [0.4, 0.5) is 0 Å². The fourth-order valence-electron chi connectivity index (χ4n) is 3.83. The third-order valence-corrected chi connectivity index (χ3v) is 5.85. The van der Waals surface area contributed by atoms with Crippen molar-refractivity contribution in [1.82, 2.24) is 19.2 Å². The predicted octanol–water partition coefficient (Wildman–Crippen LogP) is 3.59. The van der Waals surface area contributed by atoms with Crippen molar-refractivity contribution in [3.05, 3.63) is 98.5 Å². The molecule has 0 amide bonds. The Labute approximate surface area is 190 Å². The van der Waals surface area contributed by atoms with Gasteiger partial charge in [0.25, 0.3) is 5.56 Å². The van der Waals surface area contributed by atoms with Gasteiger partial charge in [0.05, 0.1) is 5.69 Å². The van der Waals surface area contributed by atoms with E-state index in [0.717, 1.165) is 15.6 Å². The molecule has 1 aliphatic rings. The summed E-state index contributed by atoms with van der Waals surface area (Å²) in [5.74, 6) is 2.39. The molecular formula is C24H15BrN4O3. The predicted molar refractivity (Wildman–Crippen MR) is 123 cm³/mol. The average molecular weight is 487 g/mol. The SMILES string of the molecule is O=c1c(=Cc2ccc3c(c2)OCO3)n2c(-c3ccccc3)nnc2n1-c1ccc(Br)cc1. The molecule has 0 fully saturated rings. The van der Waals surface area contributed by atoms with Crippen LogP contribution in [0.1, 0.15) is 5.56 Å². The Morgan fingerprint density at radius 1 is 0.906 bits per heavy atom. The van der Waals surface area contributed by atoms with Crippen LogP contribution in [0.2, 0.25) is 0 Å². The maximum atomic E-state index is 13.6. The van der Waals surface area contributed by atoms with Crippen LogP contribution in [0.3, 0.4) is 0 Å². The van der Waals surface area contributed by atoms with Gasteiger partial charge in [-0.15, -0.1) is 10.2 Å². The van der Waals surface area contributed by atoms with Gasteiger partial charge in [-0.05, 0) is 48.0 Å². The number of ether oxygens (including phenoxy) is 2. The standard InChI is InChI=1S/C24H15BrN4O3/c25-17-7-9-18(10-8-17)28-23(30)19(12-15-6-11-20-21(13-15)32-14-31-20)29-22(26-27-24(28)29)16-4-2-1-3-5-16/h1-13H,14H2. The Balaban J connectivity index is 1.66. The Kier molecular flexibility index (Phi) is 4.32. The van der Waals surface area contributed by atoms with Crippen molar-refractivity contribution in [2.45, 2.75) is 0 Å². The van der Waals surface area contributed by atoms with E-state index < -0.39 is 0 Å². The molecule has 0 unspecified atom stereocenters. The number of fused-ring (bicyclic) bond motifs is 2. The highest BCUT2D eigenvalue weighted by Crippen LogP contribution is 2.32. The summed E-state index contributed by atoms with van der Waals surface area (Å²) in [4.78, 5) is 13.6. The lowest BCUT2D eigenvalue weighted by atomic mass is 10.2. The van der Waals surface area contributed by atoms with E-state index in [1.807, 2.05) is 78.9 Å². The topological polar surface area (TPSA) is 70.7 Å². The summed E-state index contributed by atoms with van der Waals surface area (Å²) in [6, 6.07) is 22.8. The van der Waals surface area contributed by atoms with Gasteiger partial charge in [-0.2, -0.15) is 0 Å². The number of nitrogens with zero attached hydrogens (tertiary/aromatic N) is 4. The highest BCUT2D eigenvalue weighted by molar-refractivity contribution is 9.10. The molecule has 0 bridgehead atoms. The summed E-state index contributed by atoms with van der Waals surface area (Å²) >= 11 is 3.45. The molecule has 0 saturated carbocycles. The zero-order valence-electron chi connectivity index (χ0n) is 16.6. The number of hydrogen-bond donors (Lipinski definition) is 0. The van der Waals surface area contributed by atoms with Crippen molar-refractivity contribution in [3.8, 4) is 28.6 Å².